The first kappa shape index (κ1) is 16.7. The summed E-state index contributed by atoms with van der Waals surface area (Å²) in [6.45, 7) is 2.36. The quantitative estimate of drug-likeness (QED) is 0.763. The van der Waals surface area contributed by atoms with E-state index in [0.717, 1.165) is 16.5 Å². The van der Waals surface area contributed by atoms with Crippen LogP contribution in [0.25, 0.3) is 0 Å². The van der Waals surface area contributed by atoms with E-state index in [-0.39, 0.29) is 18.2 Å². The van der Waals surface area contributed by atoms with Crippen LogP contribution in [0, 0.1) is 5.92 Å². The van der Waals surface area contributed by atoms with E-state index in [4.69, 9.17) is 5.11 Å². The van der Waals surface area contributed by atoms with E-state index in [1.807, 2.05) is 31.2 Å². The average Bonchev–Trinajstić information content (AvgIpc) is 2.40. The van der Waals surface area contributed by atoms with E-state index < -0.39 is 5.97 Å². The standard InChI is InChI=1S/C15H20BrNO3/c1-2-11(9-15(19)20)10-17-14(18)7-6-12-4-3-5-13(16)8-12/h3-5,8,11H,2,6-7,9-10H2,1H3,(H,17,18)(H,19,20). The Morgan fingerprint density at radius 3 is 2.75 bits per heavy atom. The molecular weight excluding hydrogens is 322 g/mol. The van der Waals surface area contributed by atoms with Gasteiger partial charge in [-0.2, -0.15) is 0 Å². The normalized spacial score (nSPS) is 11.9. The van der Waals surface area contributed by atoms with Crippen molar-refractivity contribution in [3.8, 4) is 0 Å². The Labute approximate surface area is 127 Å². The predicted octanol–water partition coefficient (Wildman–Crippen LogP) is 3.00. The molecule has 0 heterocycles. The number of hydrogen-bond acceptors (Lipinski definition) is 2. The van der Waals surface area contributed by atoms with Gasteiger partial charge in [-0.25, -0.2) is 0 Å². The van der Waals surface area contributed by atoms with Crippen molar-refractivity contribution in [3.05, 3.63) is 34.3 Å². The van der Waals surface area contributed by atoms with Crippen molar-refractivity contribution in [2.24, 2.45) is 5.92 Å². The van der Waals surface area contributed by atoms with Crippen LogP contribution < -0.4 is 5.32 Å². The van der Waals surface area contributed by atoms with Gasteiger partial charge in [0.1, 0.15) is 0 Å². The molecule has 0 aromatic heterocycles. The fourth-order valence-electron chi connectivity index (χ4n) is 1.90. The Kier molecular flexibility index (Phi) is 7.30. The molecule has 0 bridgehead atoms. The zero-order valence-corrected chi connectivity index (χ0v) is 13.1. The van der Waals surface area contributed by atoms with Gasteiger partial charge in [0, 0.05) is 23.9 Å². The summed E-state index contributed by atoms with van der Waals surface area (Å²) in [5.41, 5.74) is 1.10. The minimum Gasteiger partial charge on any atom is -0.481 e. The van der Waals surface area contributed by atoms with Gasteiger partial charge in [0.25, 0.3) is 0 Å². The van der Waals surface area contributed by atoms with Crippen LogP contribution in [0.15, 0.2) is 28.7 Å². The van der Waals surface area contributed by atoms with Gasteiger partial charge in [0.2, 0.25) is 5.91 Å². The van der Waals surface area contributed by atoms with E-state index >= 15 is 0 Å². The first-order valence-electron chi connectivity index (χ1n) is 6.74. The molecule has 1 aromatic carbocycles. The van der Waals surface area contributed by atoms with Gasteiger partial charge in [0.15, 0.2) is 0 Å². The molecule has 0 aliphatic carbocycles. The summed E-state index contributed by atoms with van der Waals surface area (Å²) in [6, 6.07) is 7.86. The number of halogens is 1. The number of aryl methyl sites for hydroxylation is 1. The Morgan fingerprint density at radius 2 is 2.15 bits per heavy atom. The molecule has 4 nitrogen and oxygen atoms in total. The molecule has 1 unspecified atom stereocenters. The van der Waals surface area contributed by atoms with Crippen molar-refractivity contribution in [3.63, 3.8) is 0 Å². The van der Waals surface area contributed by atoms with Crippen LogP contribution in [-0.2, 0) is 16.0 Å². The monoisotopic (exact) mass is 341 g/mol. The maximum absolute atomic E-state index is 11.7. The largest absolute Gasteiger partial charge is 0.481 e. The van der Waals surface area contributed by atoms with E-state index in [0.29, 0.717) is 19.4 Å². The molecule has 20 heavy (non-hydrogen) atoms. The highest BCUT2D eigenvalue weighted by molar-refractivity contribution is 9.10. The first-order chi connectivity index (χ1) is 9.51. The lowest BCUT2D eigenvalue weighted by molar-refractivity contribution is -0.138. The number of nitrogens with one attached hydrogen (secondary N) is 1. The zero-order chi connectivity index (χ0) is 15.0. The van der Waals surface area contributed by atoms with E-state index in [1.165, 1.54) is 0 Å². The summed E-state index contributed by atoms with van der Waals surface area (Å²) < 4.78 is 1.00. The number of rotatable bonds is 8. The van der Waals surface area contributed by atoms with Crippen LogP contribution in [0.2, 0.25) is 0 Å². The summed E-state index contributed by atoms with van der Waals surface area (Å²) in [6.07, 6.45) is 1.95. The number of amides is 1. The summed E-state index contributed by atoms with van der Waals surface area (Å²) in [5.74, 6) is -0.851. The van der Waals surface area contributed by atoms with Crippen LogP contribution in [0.5, 0.6) is 0 Å². The molecule has 1 atom stereocenters. The Bertz CT molecular complexity index is 462. The van der Waals surface area contributed by atoms with E-state index in [9.17, 15) is 9.59 Å². The third-order valence-electron chi connectivity index (χ3n) is 3.16. The Hall–Kier alpha value is -1.36. The minimum atomic E-state index is -0.819. The second-order valence-corrected chi connectivity index (χ2v) is 5.72. The Balaban J connectivity index is 2.31. The molecule has 0 aliphatic heterocycles. The predicted molar refractivity (Wildman–Crippen MR) is 81.5 cm³/mol. The molecule has 0 spiro atoms. The van der Waals surface area contributed by atoms with E-state index in [1.54, 1.807) is 0 Å². The van der Waals surface area contributed by atoms with Crippen molar-refractivity contribution in [2.75, 3.05) is 6.54 Å². The van der Waals surface area contributed by atoms with Crippen LogP contribution in [0.3, 0.4) is 0 Å². The molecule has 2 N–H and O–H groups in total. The van der Waals surface area contributed by atoms with Crippen LogP contribution in [0.4, 0.5) is 0 Å². The number of hydrogen-bond donors (Lipinski definition) is 2. The number of carboxylic acids is 1. The first-order valence-corrected chi connectivity index (χ1v) is 7.53. The second kappa shape index (κ2) is 8.74. The van der Waals surface area contributed by atoms with Crippen molar-refractivity contribution < 1.29 is 14.7 Å². The summed E-state index contributed by atoms with van der Waals surface area (Å²) in [5, 5.41) is 11.6. The molecular formula is C15H20BrNO3. The van der Waals surface area contributed by atoms with Gasteiger partial charge in [0.05, 0.1) is 0 Å². The third-order valence-corrected chi connectivity index (χ3v) is 3.65. The number of carbonyl (C=O) groups excluding carboxylic acids is 1. The number of aliphatic carboxylic acids is 1. The summed E-state index contributed by atoms with van der Waals surface area (Å²) in [7, 11) is 0. The Morgan fingerprint density at radius 1 is 1.40 bits per heavy atom. The van der Waals surface area contributed by atoms with Crippen molar-refractivity contribution >= 4 is 27.8 Å². The van der Waals surface area contributed by atoms with E-state index in [2.05, 4.69) is 21.2 Å². The molecule has 1 rings (SSSR count). The lowest BCUT2D eigenvalue weighted by Gasteiger charge is -2.13. The van der Waals surface area contributed by atoms with Gasteiger partial charge >= 0.3 is 5.97 Å². The van der Waals surface area contributed by atoms with Crippen LogP contribution in [0.1, 0.15) is 31.7 Å². The van der Waals surface area contributed by atoms with Crippen molar-refractivity contribution in [1.82, 2.24) is 5.32 Å². The van der Waals surface area contributed by atoms with Crippen molar-refractivity contribution in [2.45, 2.75) is 32.6 Å². The molecule has 5 heteroatoms. The lowest BCUT2D eigenvalue weighted by Crippen LogP contribution is -2.30. The summed E-state index contributed by atoms with van der Waals surface area (Å²) >= 11 is 3.40. The SMILES string of the molecule is CCC(CNC(=O)CCc1cccc(Br)c1)CC(=O)O. The fraction of sp³-hybridized carbons (Fsp3) is 0.467. The zero-order valence-electron chi connectivity index (χ0n) is 11.6. The number of carboxylic acid groups (broad SMARTS) is 1. The smallest absolute Gasteiger partial charge is 0.303 e. The molecule has 0 radical (unpaired) electrons. The lowest BCUT2D eigenvalue weighted by atomic mass is 10.0. The highest BCUT2D eigenvalue weighted by Gasteiger charge is 2.12. The molecule has 0 saturated heterocycles. The second-order valence-electron chi connectivity index (χ2n) is 4.81. The van der Waals surface area contributed by atoms with Crippen LogP contribution >= 0.6 is 15.9 Å². The van der Waals surface area contributed by atoms with Gasteiger partial charge in [-0.05, 0) is 30.0 Å². The molecule has 1 amide bonds. The fourth-order valence-corrected chi connectivity index (χ4v) is 2.35. The van der Waals surface area contributed by atoms with Crippen molar-refractivity contribution in [1.29, 1.82) is 0 Å². The molecule has 0 aliphatic rings. The number of benzene rings is 1. The van der Waals surface area contributed by atoms with Crippen LogP contribution in [-0.4, -0.2) is 23.5 Å². The molecule has 110 valence electrons. The molecule has 0 saturated carbocycles. The maximum atomic E-state index is 11.7. The maximum Gasteiger partial charge on any atom is 0.303 e. The highest BCUT2D eigenvalue weighted by atomic mass is 79.9. The van der Waals surface area contributed by atoms with Gasteiger partial charge in [-0.15, -0.1) is 0 Å². The topological polar surface area (TPSA) is 66.4 Å². The van der Waals surface area contributed by atoms with Gasteiger partial charge < -0.3 is 10.4 Å². The number of carbonyl (C=O) groups is 2. The van der Waals surface area contributed by atoms with Gasteiger partial charge in [-0.1, -0.05) is 41.4 Å². The minimum absolute atomic E-state index is 0.00215. The average molecular weight is 342 g/mol. The highest BCUT2D eigenvalue weighted by Crippen LogP contribution is 2.13. The summed E-state index contributed by atoms with van der Waals surface area (Å²) in [4.78, 5) is 22.4. The van der Waals surface area contributed by atoms with Gasteiger partial charge in [-0.3, -0.25) is 9.59 Å². The molecule has 0 fully saturated rings. The molecule has 1 aromatic rings. The third kappa shape index (κ3) is 6.70.